The second-order valence-electron chi connectivity index (χ2n) is 8.48. The number of pyridine rings is 1. The Morgan fingerprint density at radius 1 is 0.971 bits per heavy atom. The molecule has 0 radical (unpaired) electrons. The van der Waals surface area contributed by atoms with Crippen LogP contribution in [0.15, 0.2) is 83.6 Å². The van der Waals surface area contributed by atoms with E-state index in [1.165, 1.54) is 6.07 Å². The summed E-state index contributed by atoms with van der Waals surface area (Å²) in [6, 6.07) is 11.7. The van der Waals surface area contributed by atoms with Crippen molar-refractivity contribution in [3.63, 3.8) is 0 Å². The molecule has 5 rings (SSSR count). The highest BCUT2D eigenvalue weighted by Gasteiger charge is 2.28. The summed E-state index contributed by atoms with van der Waals surface area (Å²) in [5.74, 6) is -0.191. The number of benzene rings is 1. The minimum atomic E-state index is -3.81. The Morgan fingerprint density at radius 3 is 2.40 bits per heavy atom. The zero-order valence-corrected chi connectivity index (χ0v) is 19.7. The summed E-state index contributed by atoms with van der Waals surface area (Å²) in [7, 11) is -3.81. The van der Waals surface area contributed by atoms with E-state index in [-0.39, 0.29) is 16.7 Å². The Kier molecular flexibility index (Phi) is 6.23. The molecule has 9 nitrogen and oxygen atoms in total. The van der Waals surface area contributed by atoms with E-state index in [9.17, 15) is 18.0 Å². The van der Waals surface area contributed by atoms with Crippen molar-refractivity contribution in [2.45, 2.75) is 17.4 Å². The number of piperazine rings is 1. The van der Waals surface area contributed by atoms with Crippen molar-refractivity contribution in [3.8, 4) is 0 Å². The molecule has 10 heteroatoms. The summed E-state index contributed by atoms with van der Waals surface area (Å²) in [6.07, 6.45) is 8.76. The number of sulfonamides is 1. The van der Waals surface area contributed by atoms with Crippen molar-refractivity contribution in [3.05, 3.63) is 84.4 Å². The summed E-state index contributed by atoms with van der Waals surface area (Å²) >= 11 is 0. The molecular weight excluding hydrogens is 466 g/mol. The second-order valence-corrected chi connectivity index (χ2v) is 10.2. The molecule has 2 amide bonds. The Labute approximate surface area is 203 Å². The Morgan fingerprint density at radius 2 is 1.71 bits per heavy atom. The van der Waals surface area contributed by atoms with Gasteiger partial charge in [0.25, 0.3) is 11.8 Å². The average Bonchev–Trinajstić information content (AvgIpc) is 3.43. The molecule has 1 aromatic carbocycles. The van der Waals surface area contributed by atoms with Crippen LogP contribution >= 0.6 is 0 Å². The number of hydrogen-bond donors (Lipinski definition) is 2. The molecule has 2 N–H and O–H groups in total. The summed E-state index contributed by atoms with van der Waals surface area (Å²) in [5, 5.41) is 0.747. The van der Waals surface area contributed by atoms with Crippen molar-refractivity contribution >= 4 is 32.7 Å². The molecule has 1 aliphatic heterocycles. The monoisotopic (exact) mass is 491 g/mol. The number of para-hydroxylation sites is 1. The number of fused-ring (bicyclic) bond motifs is 1. The van der Waals surface area contributed by atoms with E-state index in [1.807, 2.05) is 12.1 Å². The minimum Gasteiger partial charge on any atom is -0.357 e. The maximum absolute atomic E-state index is 13.0. The lowest BCUT2D eigenvalue weighted by molar-refractivity contribution is -0.128. The number of aromatic amines is 1. The Bertz CT molecular complexity index is 1420. The fraction of sp³-hybridized carbons (Fsp3) is 0.240. The standard InChI is InChI=1S/C25H25N5O4S/c31-24(29-14-16-30(17-15-29)25(32)21-6-3-12-26-21)19-8-10-20(11-9-19)28-35(33,34)22-7-1-4-18-5-2-13-27-23(18)22/h1-10,12-13,20,26,28H,11,14-17H2. The van der Waals surface area contributed by atoms with Gasteiger partial charge in [-0.3, -0.25) is 14.6 Å². The largest absolute Gasteiger partial charge is 0.357 e. The van der Waals surface area contributed by atoms with Crippen LogP contribution in [0.4, 0.5) is 0 Å². The van der Waals surface area contributed by atoms with E-state index in [0.29, 0.717) is 49.4 Å². The molecular formula is C25H25N5O4S. The number of nitrogens with one attached hydrogen (secondary N) is 2. The number of nitrogens with zero attached hydrogens (tertiary/aromatic N) is 3. The molecule has 35 heavy (non-hydrogen) atoms. The molecule has 0 saturated carbocycles. The first-order valence-electron chi connectivity index (χ1n) is 11.4. The minimum absolute atomic E-state index is 0.0737. The van der Waals surface area contributed by atoms with Crippen LogP contribution in [0.25, 0.3) is 10.9 Å². The zero-order valence-electron chi connectivity index (χ0n) is 18.9. The highest BCUT2D eigenvalue weighted by molar-refractivity contribution is 7.89. The molecule has 1 fully saturated rings. The first-order chi connectivity index (χ1) is 16.9. The summed E-state index contributed by atoms with van der Waals surface area (Å²) < 4.78 is 28.8. The number of aromatic nitrogens is 2. The molecule has 3 aromatic rings. The van der Waals surface area contributed by atoms with Gasteiger partial charge in [-0.1, -0.05) is 36.4 Å². The van der Waals surface area contributed by atoms with Crippen LogP contribution in [-0.2, 0) is 14.8 Å². The van der Waals surface area contributed by atoms with Crippen molar-refractivity contribution in [2.75, 3.05) is 26.2 Å². The fourth-order valence-corrected chi connectivity index (χ4v) is 5.73. The summed E-state index contributed by atoms with van der Waals surface area (Å²) in [6.45, 7) is 1.81. The van der Waals surface area contributed by atoms with Crippen LogP contribution < -0.4 is 4.72 Å². The molecule has 1 atom stereocenters. The number of carbonyl (C=O) groups excluding carboxylic acids is 2. The van der Waals surface area contributed by atoms with Gasteiger partial charge in [0.15, 0.2) is 0 Å². The Hall–Kier alpha value is -3.76. The van der Waals surface area contributed by atoms with Gasteiger partial charge in [-0.2, -0.15) is 0 Å². The number of amides is 2. The van der Waals surface area contributed by atoms with E-state index in [4.69, 9.17) is 0 Å². The predicted octanol–water partition coefficient (Wildman–Crippen LogP) is 2.08. The second kappa shape index (κ2) is 9.47. The van der Waals surface area contributed by atoms with Crippen molar-refractivity contribution in [1.29, 1.82) is 0 Å². The van der Waals surface area contributed by atoms with Gasteiger partial charge < -0.3 is 14.8 Å². The van der Waals surface area contributed by atoms with Gasteiger partial charge in [-0.05, 0) is 30.7 Å². The normalized spacial score (nSPS) is 18.5. The molecule has 2 aliphatic rings. The third-order valence-corrected chi connectivity index (χ3v) is 7.74. The summed E-state index contributed by atoms with van der Waals surface area (Å²) in [5.41, 5.74) is 1.48. The maximum atomic E-state index is 13.0. The number of H-pyrrole nitrogens is 1. The van der Waals surface area contributed by atoms with Gasteiger partial charge in [-0.15, -0.1) is 0 Å². The molecule has 0 bridgehead atoms. The van der Waals surface area contributed by atoms with Gasteiger partial charge in [0.05, 0.1) is 5.52 Å². The Balaban J connectivity index is 1.19. The molecule has 0 spiro atoms. The van der Waals surface area contributed by atoms with Crippen molar-refractivity contribution in [1.82, 2.24) is 24.5 Å². The van der Waals surface area contributed by atoms with Gasteiger partial charge >= 0.3 is 0 Å². The maximum Gasteiger partial charge on any atom is 0.270 e. The number of rotatable bonds is 5. The van der Waals surface area contributed by atoms with Gasteiger partial charge in [0, 0.05) is 55.6 Å². The van der Waals surface area contributed by atoms with Crippen molar-refractivity contribution < 1.29 is 18.0 Å². The van der Waals surface area contributed by atoms with Crippen LogP contribution in [0.3, 0.4) is 0 Å². The first-order valence-corrected chi connectivity index (χ1v) is 12.9. The highest BCUT2D eigenvalue weighted by atomic mass is 32.2. The molecule has 1 saturated heterocycles. The lowest BCUT2D eigenvalue weighted by Gasteiger charge is -2.35. The lowest BCUT2D eigenvalue weighted by Crippen LogP contribution is -2.51. The van der Waals surface area contributed by atoms with Crippen LogP contribution in [-0.4, -0.2) is 72.2 Å². The molecule has 1 aliphatic carbocycles. The molecule has 180 valence electrons. The third-order valence-electron chi connectivity index (χ3n) is 6.22. The fourth-order valence-electron chi connectivity index (χ4n) is 4.35. The van der Waals surface area contributed by atoms with Crippen LogP contribution in [0.2, 0.25) is 0 Å². The summed E-state index contributed by atoms with van der Waals surface area (Å²) in [4.78, 5) is 36.2. The smallest absolute Gasteiger partial charge is 0.270 e. The van der Waals surface area contributed by atoms with Crippen LogP contribution in [0.1, 0.15) is 16.9 Å². The van der Waals surface area contributed by atoms with Gasteiger partial charge in [0.1, 0.15) is 10.6 Å². The molecule has 1 unspecified atom stereocenters. The highest BCUT2D eigenvalue weighted by Crippen LogP contribution is 2.22. The third kappa shape index (κ3) is 4.75. The quantitative estimate of drug-likeness (QED) is 0.567. The van der Waals surface area contributed by atoms with Gasteiger partial charge in [0.2, 0.25) is 10.0 Å². The molecule has 2 aromatic heterocycles. The predicted molar refractivity (Wildman–Crippen MR) is 131 cm³/mol. The first kappa shape index (κ1) is 23.0. The van der Waals surface area contributed by atoms with E-state index < -0.39 is 16.1 Å². The van der Waals surface area contributed by atoms with Crippen LogP contribution in [0.5, 0.6) is 0 Å². The number of carbonyl (C=O) groups is 2. The van der Waals surface area contributed by atoms with Crippen LogP contribution in [0, 0.1) is 0 Å². The average molecular weight is 492 g/mol. The number of hydrogen-bond acceptors (Lipinski definition) is 5. The van der Waals surface area contributed by atoms with E-state index in [0.717, 1.165) is 5.39 Å². The van der Waals surface area contributed by atoms with Crippen molar-refractivity contribution in [2.24, 2.45) is 0 Å². The van der Waals surface area contributed by atoms with Gasteiger partial charge in [-0.25, -0.2) is 13.1 Å². The van der Waals surface area contributed by atoms with E-state index >= 15 is 0 Å². The van der Waals surface area contributed by atoms with E-state index in [1.54, 1.807) is 64.7 Å². The topological polar surface area (TPSA) is 115 Å². The molecule has 3 heterocycles. The SMILES string of the molecule is O=C(C1=CCC(NS(=O)(=O)c2cccc3cccnc23)C=C1)N1CCN(C(=O)c2ccc[nH]2)CC1. The lowest BCUT2D eigenvalue weighted by atomic mass is 10.0. The zero-order chi connectivity index (χ0) is 24.4. The van der Waals surface area contributed by atoms with E-state index in [2.05, 4.69) is 14.7 Å².